The number of nitrogens with one attached hydrogen (secondary N) is 2. The second-order valence-corrected chi connectivity index (χ2v) is 5.49. The number of H-pyrrole nitrogens is 1. The molecule has 0 saturated heterocycles. The lowest BCUT2D eigenvalue weighted by Gasteiger charge is -2.06. The highest BCUT2D eigenvalue weighted by Crippen LogP contribution is 2.11. The molecule has 0 unspecified atom stereocenters. The smallest absolute Gasteiger partial charge is 0.355 e. The Labute approximate surface area is 130 Å². The molecule has 0 saturated carbocycles. The number of hydrogen-bond acceptors (Lipinski definition) is 3. The summed E-state index contributed by atoms with van der Waals surface area (Å²) in [5.74, 6) is -0.902. The minimum Gasteiger partial charge on any atom is -0.451 e. The van der Waals surface area contributed by atoms with Crippen LogP contribution in [0.25, 0.3) is 0 Å². The lowest BCUT2D eigenvalue weighted by molar-refractivity contribution is -0.124. The molecule has 1 amide bonds. The highest BCUT2D eigenvalue weighted by Gasteiger charge is 2.11. The summed E-state index contributed by atoms with van der Waals surface area (Å²) in [5.41, 5.74) is 2.46. The maximum atomic E-state index is 11.6. The van der Waals surface area contributed by atoms with Crippen molar-refractivity contribution in [1.29, 1.82) is 0 Å². The van der Waals surface area contributed by atoms with Crippen molar-refractivity contribution >= 4 is 27.8 Å². The van der Waals surface area contributed by atoms with E-state index in [1.165, 1.54) is 0 Å². The molecule has 5 nitrogen and oxygen atoms in total. The molecule has 0 bridgehead atoms. The quantitative estimate of drug-likeness (QED) is 0.814. The van der Waals surface area contributed by atoms with Gasteiger partial charge in [-0.2, -0.15) is 0 Å². The summed E-state index contributed by atoms with van der Waals surface area (Å²) in [5, 5.41) is 2.69. The molecular weight excluding hydrogens is 336 g/mol. The summed E-state index contributed by atoms with van der Waals surface area (Å²) in [7, 11) is 0. The SMILES string of the molecule is Cc1ccc(CNC(=O)COC(=O)c2cc(Br)c[nH]2)cc1. The van der Waals surface area contributed by atoms with Crippen molar-refractivity contribution in [3.8, 4) is 0 Å². The van der Waals surface area contributed by atoms with Gasteiger partial charge in [-0.05, 0) is 34.5 Å². The van der Waals surface area contributed by atoms with Crippen LogP contribution in [0.3, 0.4) is 0 Å². The van der Waals surface area contributed by atoms with Crippen molar-refractivity contribution < 1.29 is 14.3 Å². The van der Waals surface area contributed by atoms with Crippen LogP contribution in [-0.4, -0.2) is 23.5 Å². The standard InChI is InChI=1S/C15H15BrN2O3/c1-10-2-4-11(5-3-10)7-18-14(19)9-21-15(20)13-6-12(16)8-17-13/h2-6,8,17H,7,9H2,1H3,(H,18,19). The van der Waals surface area contributed by atoms with E-state index in [0.29, 0.717) is 12.2 Å². The summed E-state index contributed by atoms with van der Waals surface area (Å²) in [6.07, 6.45) is 1.62. The van der Waals surface area contributed by atoms with Crippen LogP contribution in [0, 0.1) is 6.92 Å². The maximum Gasteiger partial charge on any atom is 0.355 e. The van der Waals surface area contributed by atoms with Crippen LogP contribution < -0.4 is 5.32 Å². The van der Waals surface area contributed by atoms with E-state index in [0.717, 1.165) is 15.6 Å². The lowest BCUT2D eigenvalue weighted by Crippen LogP contribution is -2.28. The molecule has 0 spiro atoms. The van der Waals surface area contributed by atoms with Gasteiger partial charge in [-0.25, -0.2) is 4.79 Å². The van der Waals surface area contributed by atoms with E-state index in [1.807, 2.05) is 31.2 Å². The summed E-state index contributed by atoms with van der Waals surface area (Å²) >= 11 is 3.22. The van der Waals surface area contributed by atoms with Crippen molar-refractivity contribution in [2.45, 2.75) is 13.5 Å². The average Bonchev–Trinajstić information content (AvgIpc) is 2.91. The van der Waals surface area contributed by atoms with Gasteiger partial charge >= 0.3 is 5.97 Å². The van der Waals surface area contributed by atoms with E-state index in [9.17, 15) is 9.59 Å². The topological polar surface area (TPSA) is 71.2 Å². The number of hydrogen-bond donors (Lipinski definition) is 2. The van der Waals surface area contributed by atoms with E-state index < -0.39 is 5.97 Å². The predicted molar refractivity (Wildman–Crippen MR) is 81.8 cm³/mol. The van der Waals surface area contributed by atoms with Crippen LogP contribution in [0.4, 0.5) is 0 Å². The predicted octanol–water partition coefficient (Wildman–Crippen LogP) is 2.56. The number of benzene rings is 1. The lowest BCUT2D eigenvalue weighted by atomic mass is 10.1. The molecule has 0 fully saturated rings. The monoisotopic (exact) mass is 350 g/mol. The van der Waals surface area contributed by atoms with Gasteiger partial charge in [-0.1, -0.05) is 29.8 Å². The van der Waals surface area contributed by atoms with E-state index in [-0.39, 0.29) is 12.5 Å². The molecule has 1 aromatic carbocycles. The molecule has 1 heterocycles. The zero-order chi connectivity index (χ0) is 15.2. The van der Waals surface area contributed by atoms with Gasteiger partial charge in [0.25, 0.3) is 5.91 Å². The first-order chi connectivity index (χ1) is 10.0. The van der Waals surface area contributed by atoms with Crippen LogP contribution in [0.5, 0.6) is 0 Å². The Morgan fingerprint density at radius 2 is 2.00 bits per heavy atom. The van der Waals surface area contributed by atoms with E-state index in [1.54, 1.807) is 12.3 Å². The number of carbonyl (C=O) groups is 2. The Morgan fingerprint density at radius 3 is 2.62 bits per heavy atom. The van der Waals surface area contributed by atoms with Crippen LogP contribution >= 0.6 is 15.9 Å². The molecule has 6 heteroatoms. The molecule has 2 aromatic rings. The van der Waals surface area contributed by atoms with E-state index >= 15 is 0 Å². The Balaban J connectivity index is 1.74. The highest BCUT2D eigenvalue weighted by molar-refractivity contribution is 9.10. The zero-order valence-corrected chi connectivity index (χ0v) is 13.1. The van der Waals surface area contributed by atoms with Gasteiger partial charge in [0.05, 0.1) is 0 Å². The summed E-state index contributed by atoms with van der Waals surface area (Å²) < 4.78 is 5.66. The molecule has 0 aliphatic carbocycles. The van der Waals surface area contributed by atoms with Gasteiger partial charge < -0.3 is 15.0 Å². The summed E-state index contributed by atoms with van der Waals surface area (Å²) in [6, 6.07) is 9.43. The second-order valence-electron chi connectivity index (χ2n) is 4.57. The molecule has 21 heavy (non-hydrogen) atoms. The number of aromatic amines is 1. The molecular formula is C15H15BrN2O3. The van der Waals surface area contributed by atoms with Crippen LogP contribution in [0.2, 0.25) is 0 Å². The number of amides is 1. The van der Waals surface area contributed by atoms with Gasteiger partial charge in [-0.3, -0.25) is 4.79 Å². The fourth-order valence-corrected chi connectivity index (χ4v) is 2.00. The Morgan fingerprint density at radius 1 is 1.29 bits per heavy atom. The second kappa shape index (κ2) is 7.08. The minimum absolute atomic E-state index is 0.299. The molecule has 0 aliphatic rings. The number of aryl methyl sites for hydroxylation is 1. The van der Waals surface area contributed by atoms with Crippen molar-refractivity contribution in [2.24, 2.45) is 0 Å². The molecule has 0 radical (unpaired) electrons. The van der Waals surface area contributed by atoms with E-state index in [2.05, 4.69) is 26.2 Å². The van der Waals surface area contributed by atoms with Crippen molar-refractivity contribution in [3.05, 3.63) is 57.8 Å². The van der Waals surface area contributed by atoms with Crippen molar-refractivity contribution in [3.63, 3.8) is 0 Å². The van der Waals surface area contributed by atoms with Gasteiger partial charge in [0, 0.05) is 17.2 Å². The number of rotatable bonds is 5. The number of ether oxygens (including phenoxy) is 1. The van der Waals surface area contributed by atoms with Gasteiger partial charge in [0.1, 0.15) is 5.69 Å². The summed E-state index contributed by atoms with van der Waals surface area (Å²) in [4.78, 5) is 26.0. The fourth-order valence-electron chi connectivity index (χ4n) is 1.65. The zero-order valence-electron chi connectivity index (χ0n) is 11.5. The van der Waals surface area contributed by atoms with E-state index in [4.69, 9.17) is 4.74 Å². The number of carbonyl (C=O) groups excluding carboxylic acids is 2. The third-order valence-corrected chi connectivity index (χ3v) is 3.27. The average molecular weight is 351 g/mol. The minimum atomic E-state index is -0.564. The first-order valence-corrected chi connectivity index (χ1v) is 7.17. The Kier molecular flexibility index (Phi) is 5.16. The van der Waals surface area contributed by atoms with Gasteiger partial charge in [-0.15, -0.1) is 0 Å². The van der Waals surface area contributed by atoms with Crippen molar-refractivity contribution in [2.75, 3.05) is 6.61 Å². The Bertz CT molecular complexity index is 635. The normalized spacial score (nSPS) is 10.2. The molecule has 0 aliphatic heterocycles. The first-order valence-electron chi connectivity index (χ1n) is 6.38. The molecule has 0 atom stereocenters. The van der Waals surface area contributed by atoms with Crippen molar-refractivity contribution in [1.82, 2.24) is 10.3 Å². The molecule has 2 rings (SSSR count). The van der Waals surface area contributed by atoms with Gasteiger partial charge in [0.2, 0.25) is 0 Å². The Hall–Kier alpha value is -2.08. The van der Waals surface area contributed by atoms with Crippen LogP contribution in [-0.2, 0) is 16.1 Å². The van der Waals surface area contributed by atoms with Crippen LogP contribution in [0.15, 0.2) is 41.0 Å². The number of halogens is 1. The first kappa shape index (κ1) is 15.3. The third kappa shape index (κ3) is 4.75. The largest absolute Gasteiger partial charge is 0.451 e. The molecule has 2 N–H and O–H groups in total. The molecule has 110 valence electrons. The maximum absolute atomic E-state index is 11.6. The fraction of sp³-hybridized carbons (Fsp3) is 0.200. The van der Waals surface area contributed by atoms with Gasteiger partial charge in [0.15, 0.2) is 6.61 Å². The molecule has 1 aromatic heterocycles. The highest BCUT2D eigenvalue weighted by atomic mass is 79.9. The summed E-state index contributed by atoms with van der Waals surface area (Å²) in [6.45, 7) is 2.10. The van der Waals surface area contributed by atoms with Crippen LogP contribution in [0.1, 0.15) is 21.6 Å². The number of aromatic nitrogens is 1. The third-order valence-electron chi connectivity index (χ3n) is 2.81. The number of esters is 1.